The second kappa shape index (κ2) is 2.75. The van der Waals surface area contributed by atoms with Gasteiger partial charge in [0.15, 0.2) is 0 Å². The highest BCUT2D eigenvalue weighted by molar-refractivity contribution is 6.32. The topological polar surface area (TPSA) is 65.4 Å². The van der Waals surface area contributed by atoms with Gasteiger partial charge in [-0.1, -0.05) is 11.6 Å². The van der Waals surface area contributed by atoms with Crippen LogP contribution in [0.5, 0.6) is 0 Å². The van der Waals surface area contributed by atoms with Gasteiger partial charge < -0.3 is 0 Å². The first kappa shape index (κ1) is 7.81. The van der Waals surface area contributed by atoms with E-state index < -0.39 is 4.92 Å². The van der Waals surface area contributed by atoms with Gasteiger partial charge in [0.2, 0.25) is 0 Å². The Kier molecular flexibility index (Phi) is 1.96. The van der Waals surface area contributed by atoms with Crippen LogP contribution < -0.4 is 5.73 Å². The van der Waals surface area contributed by atoms with Crippen molar-refractivity contribution >= 4 is 23.0 Å². The van der Waals surface area contributed by atoms with Crippen molar-refractivity contribution in [1.82, 2.24) is 5.73 Å². The molecule has 0 amide bonds. The van der Waals surface area contributed by atoms with Crippen LogP contribution in [0.1, 0.15) is 0 Å². The number of halogens is 1. The molecule has 1 aromatic carbocycles. The lowest BCUT2D eigenvalue weighted by Gasteiger charge is -1.93. The zero-order chi connectivity index (χ0) is 8.43. The SMILES string of the molecule is [N]c1ccc(Cl)c([N+](=O)[O-])c1. The molecule has 4 nitrogen and oxygen atoms in total. The molecule has 0 bridgehead atoms. The molecular weight excluding hydrogens is 168 g/mol. The summed E-state index contributed by atoms with van der Waals surface area (Å²) in [7, 11) is 0. The van der Waals surface area contributed by atoms with E-state index in [1.165, 1.54) is 12.1 Å². The molecule has 5 heteroatoms. The Hall–Kier alpha value is -1.29. The molecular formula is C6H3ClN2O2. The van der Waals surface area contributed by atoms with Gasteiger partial charge in [-0.05, 0) is 12.1 Å². The Morgan fingerprint density at radius 3 is 2.64 bits per heavy atom. The van der Waals surface area contributed by atoms with Gasteiger partial charge in [-0.25, -0.2) is 0 Å². The van der Waals surface area contributed by atoms with Gasteiger partial charge in [0.25, 0.3) is 5.69 Å². The summed E-state index contributed by atoms with van der Waals surface area (Å²) in [5, 5.41) is 10.2. The minimum absolute atomic E-state index is 0.0211. The summed E-state index contributed by atoms with van der Waals surface area (Å²) in [4.78, 5) is 9.53. The molecule has 0 saturated carbocycles. The van der Waals surface area contributed by atoms with E-state index in [2.05, 4.69) is 0 Å². The van der Waals surface area contributed by atoms with E-state index in [1.54, 1.807) is 0 Å². The Bertz CT molecular complexity index is 301. The minimum Gasteiger partial charge on any atom is -0.258 e. The third kappa shape index (κ3) is 1.59. The summed E-state index contributed by atoms with van der Waals surface area (Å²) >= 11 is 5.44. The third-order valence-corrected chi connectivity index (χ3v) is 1.45. The Morgan fingerprint density at radius 1 is 1.55 bits per heavy atom. The first-order valence-corrected chi connectivity index (χ1v) is 3.12. The summed E-state index contributed by atoms with van der Waals surface area (Å²) in [6, 6.07) is 3.56. The quantitative estimate of drug-likeness (QED) is 0.478. The van der Waals surface area contributed by atoms with Crippen LogP contribution in [0, 0.1) is 10.1 Å². The molecule has 2 radical (unpaired) electrons. The third-order valence-electron chi connectivity index (χ3n) is 1.13. The number of rotatable bonds is 1. The fourth-order valence-electron chi connectivity index (χ4n) is 0.641. The number of nitro benzene ring substituents is 1. The van der Waals surface area contributed by atoms with Gasteiger partial charge in [0.05, 0.1) is 10.6 Å². The second-order valence-corrected chi connectivity index (χ2v) is 2.30. The molecule has 0 heterocycles. The maximum absolute atomic E-state index is 10.2. The van der Waals surface area contributed by atoms with Gasteiger partial charge in [-0.2, -0.15) is 5.73 Å². The standard InChI is InChI=1S/C6H3ClN2O2/c7-5-2-1-4(8)3-6(5)9(10)11/h1-3H. The maximum Gasteiger partial charge on any atom is 0.290 e. The number of nitrogens with zero attached hydrogens (tertiary/aromatic N) is 2. The summed E-state index contributed by atoms with van der Waals surface area (Å²) in [5.74, 6) is 0. The van der Waals surface area contributed by atoms with Crippen molar-refractivity contribution < 1.29 is 4.92 Å². The van der Waals surface area contributed by atoms with Crippen LogP contribution in [0.3, 0.4) is 0 Å². The van der Waals surface area contributed by atoms with Crippen LogP contribution in [0.25, 0.3) is 0 Å². The summed E-state index contributed by atoms with van der Waals surface area (Å²) in [6.07, 6.45) is 0. The van der Waals surface area contributed by atoms with Crippen LogP contribution in [0.4, 0.5) is 11.4 Å². The van der Waals surface area contributed by atoms with E-state index in [1.807, 2.05) is 0 Å². The molecule has 0 N–H and O–H groups in total. The van der Waals surface area contributed by atoms with E-state index >= 15 is 0 Å². The van der Waals surface area contributed by atoms with Gasteiger partial charge in [0, 0.05) is 6.07 Å². The van der Waals surface area contributed by atoms with E-state index in [0.29, 0.717) is 0 Å². The molecule has 0 aliphatic heterocycles. The molecule has 1 rings (SSSR count). The molecule has 0 atom stereocenters. The molecule has 0 fully saturated rings. The molecule has 0 spiro atoms. The van der Waals surface area contributed by atoms with E-state index in [9.17, 15) is 10.1 Å². The zero-order valence-electron chi connectivity index (χ0n) is 5.32. The molecule has 11 heavy (non-hydrogen) atoms. The zero-order valence-corrected chi connectivity index (χ0v) is 6.08. The van der Waals surface area contributed by atoms with Crippen molar-refractivity contribution in [2.24, 2.45) is 0 Å². The molecule has 0 unspecified atom stereocenters. The first-order valence-electron chi connectivity index (χ1n) is 2.74. The van der Waals surface area contributed by atoms with Crippen molar-refractivity contribution in [3.8, 4) is 0 Å². The fourth-order valence-corrected chi connectivity index (χ4v) is 0.828. The lowest BCUT2D eigenvalue weighted by Crippen LogP contribution is -1.88. The Morgan fingerprint density at radius 2 is 2.18 bits per heavy atom. The molecule has 0 aliphatic rings. The Labute approximate surface area is 67.7 Å². The largest absolute Gasteiger partial charge is 0.290 e. The minimum atomic E-state index is -0.651. The monoisotopic (exact) mass is 170 g/mol. The van der Waals surface area contributed by atoms with Gasteiger partial charge >= 0.3 is 0 Å². The Balaban J connectivity index is 3.23. The van der Waals surface area contributed by atoms with E-state index in [4.69, 9.17) is 17.3 Å². The smallest absolute Gasteiger partial charge is 0.258 e. The number of nitro groups is 1. The van der Waals surface area contributed by atoms with Crippen LogP contribution in [-0.2, 0) is 0 Å². The second-order valence-electron chi connectivity index (χ2n) is 1.89. The van der Waals surface area contributed by atoms with Crippen molar-refractivity contribution in [2.75, 3.05) is 0 Å². The summed E-state index contributed by atoms with van der Waals surface area (Å²) < 4.78 is 0. The van der Waals surface area contributed by atoms with Gasteiger partial charge in [-0.3, -0.25) is 10.1 Å². The average molecular weight is 171 g/mol. The van der Waals surface area contributed by atoms with E-state index in [-0.39, 0.29) is 16.4 Å². The highest BCUT2D eigenvalue weighted by Crippen LogP contribution is 2.26. The number of hydrogen-bond acceptors (Lipinski definition) is 2. The van der Waals surface area contributed by atoms with Crippen LogP contribution in [0.2, 0.25) is 5.02 Å². The molecule has 0 saturated heterocycles. The molecule has 0 aliphatic carbocycles. The number of hydrogen-bond donors (Lipinski definition) is 0. The lowest BCUT2D eigenvalue weighted by molar-refractivity contribution is -0.384. The summed E-state index contributed by atoms with van der Waals surface area (Å²) in [5.41, 5.74) is 8.37. The molecule has 56 valence electrons. The predicted molar refractivity (Wildman–Crippen MR) is 39.9 cm³/mol. The van der Waals surface area contributed by atoms with Gasteiger partial charge in [0.1, 0.15) is 5.02 Å². The van der Waals surface area contributed by atoms with Crippen molar-refractivity contribution in [3.05, 3.63) is 33.3 Å². The van der Waals surface area contributed by atoms with Gasteiger partial charge in [-0.15, -0.1) is 0 Å². The maximum atomic E-state index is 10.2. The molecule has 1 aromatic rings. The average Bonchev–Trinajstić information content (AvgIpc) is 1.94. The van der Waals surface area contributed by atoms with Crippen molar-refractivity contribution in [2.45, 2.75) is 0 Å². The van der Waals surface area contributed by atoms with Crippen LogP contribution in [-0.4, -0.2) is 4.92 Å². The molecule has 0 aromatic heterocycles. The predicted octanol–water partition coefficient (Wildman–Crippen LogP) is 1.95. The number of benzene rings is 1. The summed E-state index contributed by atoms with van der Waals surface area (Å²) in [6.45, 7) is 0. The van der Waals surface area contributed by atoms with Crippen LogP contribution in [0.15, 0.2) is 18.2 Å². The first-order chi connectivity index (χ1) is 5.11. The van der Waals surface area contributed by atoms with Crippen LogP contribution >= 0.6 is 11.6 Å². The van der Waals surface area contributed by atoms with Crippen molar-refractivity contribution in [3.63, 3.8) is 0 Å². The lowest BCUT2D eigenvalue weighted by atomic mass is 10.3. The highest BCUT2D eigenvalue weighted by atomic mass is 35.5. The normalized spacial score (nSPS) is 9.55. The fraction of sp³-hybridized carbons (Fsp3) is 0. The highest BCUT2D eigenvalue weighted by Gasteiger charge is 2.11. The van der Waals surface area contributed by atoms with E-state index in [0.717, 1.165) is 6.07 Å². The van der Waals surface area contributed by atoms with Crippen molar-refractivity contribution in [1.29, 1.82) is 0 Å².